The summed E-state index contributed by atoms with van der Waals surface area (Å²) in [6, 6.07) is 6.73. The molecule has 6 heteroatoms. The zero-order chi connectivity index (χ0) is 18.4. The fourth-order valence-corrected chi connectivity index (χ4v) is 3.74. The van der Waals surface area contributed by atoms with Gasteiger partial charge in [0, 0.05) is 6.54 Å². The number of sulfonamides is 1. The number of rotatable bonds is 6. The van der Waals surface area contributed by atoms with Gasteiger partial charge < -0.3 is 0 Å². The van der Waals surface area contributed by atoms with E-state index >= 15 is 0 Å². The van der Waals surface area contributed by atoms with E-state index in [1.807, 2.05) is 6.92 Å². The summed E-state index contributed by atoms with van der Waals surface area (Å²) >= 11 is 0. The van der Waals surface area contributed by atoms with Crippen molar-refractivity contribution in [2.75, 3.05) is 13.1 Å². The maximum absolute atomic E-state index is 12.8. The van der Waals surface area contributed by atoms with Crippen molar-refractivity contribution in [3.05, 3.63) is 42.0 Å². The van der Waals surface area contributed by atoms with E-state index in [1.165, 1.54) is 17.3 Å². The first kappa shape index (κ1) is 20.4. The molecule has 0 heterocycles. The van der Waals surface area contributed by atoms with Crippen LogP contribution in [-0.2, 0) is 14.8 Å². The summed E-state index contributed by atoms with van der Waals surface area (Å²) in [7, 11) is -5.22. The summed E-state index contributed by atoms with van der Waals surface area (Å²) in [6.45, 7) is 9.89. The van der Waals surface area contributed by atoms with Gasteiger partial charge in [-0.05, 0) is 32.1 Å². The van der Waals surface area contributed by atoms with Crippen molar-refractivity contribution in [2.45, 2.75) is 38.4 Å². The van der Waals surface area contributed by atoms with Gasteiger partial charge in [0.15, 0.2) is 5.78 Å². The Balaban J connectivity index is 3.11. The van der Waals surface area contributed by atoms with E-state index in [9.17, 15) is 13.2 Å². The van der Waals surface area contributed by atoms with Crippen molar-refractivity contribution in [1.29, 1.82) is 0 Å². The number of nitrogens with zero attached hydrogens (tertiary/aromatic N) is 1. The van der Waals surface area contributed by atoms with Crippen LogP contribution >= 0.6 is 0 Å². The normalized spacial score (nSPS) is 12.2. The maximum Gasteiger partial charge on any atom is 0.244 e. The van der Waals surface area contributed by atoms with Crippen molar-refractivity contribution in [2.24, 2.45) is 0 Å². The summed E-state index contributed by atoms with van der Waals surface area (Å²) in [4.78, 5) is 11.3. The third kappa shape index (κ3) is 6.83. The van der Waals surface area contributed by atoms with Crippen LogP contribution in [0.5, 0.6) is 0 Å². The van der Waals surface area contributed by atoms with Crippen molar-refractivity contribution in [3.8, 4) is 11.5 Å². The molecule has 0 radical (unpaired) electrons. The molecule has 0 N–H and O–H groups in total. The standard InChI is InChI=1S/C18H25NO3SSi/c1-16-9-11-18(12-10-16)23(21,22)19(13-6-8-17(2)20)14-7-15-24(3,4)5/h6,8-12H,13-14H2,1-5H3/b8-6+. The van der Waals surface area contributed by atoms with Crippen molar-refractivity contribution in [3.63, 3.8) is 0 Å². The minimum Gasteiger partial charge on any atom is -0.295 e. The summed E-state index contributed by atoms with van der Waals surface area (Å²) in [6.07, 6.45) is 2.94. The molecule has 1 rings (SSSR count). The fraction of sp³-hybridized carbons (Fsp3) is 0.389. The van der Waals surface area contributed by atoms with Gasteiger partial charge in [0.1, 0.15) is 8.07 Å². The lowest BCUT2D eigenvalue weighted by Gasteiger charge is -2.18. The quantitative estimate of drug-likeness (QED) is 0.443. The number of carbonyl (C=O) groups excluding carboxylic acids is 1. The Hall–Kier alpha value is -1.68. The summed E-state index contributed by atoms with van der Waals surface area (Å²) in [5.74, 6) is 2.88. The highest BCUT2D eigenvalue weighted by molar-refractivity contribution is 7.89. The highest BCUT2D eigenvalue weighted by Crippen LogP contribution is 2.16. The SMILES string of the molecule is CC(=O)/C=C/CN(CC#C[Si](C)(C)C)S(=O)(=O)c1ccc(C)cc1. The lowest BCUT2D eigenvalue weighted by atomic mass is 10.2. The molecule has 0 saturated heterocycles. The second kappa shape index (κ2) is 8.43. The number of carbonyl (C=O) groups is 1. The Morgan fingerprint density at radius 1 is 1.21 bits per heavy atom. The Labute approximate surface area is 146 Å². The first-order valence-corrected chi connectivity index (χ1v) is 12.7. The molecule has 0 amide bonds. The maximum atomic E-state index is 12.8. The molecule has 0 fully saturated rings. The zero-order valence-corrected chi connectivity index (χ0v) is 16.8. The first-order valence-electron chi connectivity index (χ1n) is 7.76. The van der Waals surface area contributed by atoms with Gasteiger partial charge in [-0.2, -0.15) is 4.31 Å². The van der Waals surface area contributed by atoms with Gasteiger partial charge in [0.05, 0.1) is 11.4 Å². The largest absolute Gasteiger partial charge is 0.295 e. The number of benzene rings is 1. The molecule has 0 aliphatic rings. The van der Waals surface area contributed by atoms with Gasteiger partial charge in [-0.1, -0.05) is 49.3 Å². The molecule has 0 aliphatic carbocycles. The minimum absolute atomic E-state index is 0.114. The molecule has 0 aliphatic heterocycles. The Bertz CT molecular complexity index is 763. The van der Waals surface area contributed by atoms with Crippen LogP contribution in [0.3, 0.4) is 0 Å². The molecule has 1 aromatic rings. The molecular formula is C18H25NO3SSi. The zero-order valence-electron chi connectivity index (χ0n) is 15.0. The third-order valence-electron chi connectivity index (χ3n) is 3.04. The van der Waals surface area contributed by atoms with Gasteiger partial charge in [0.25, 0.3) is 0 Å². The summed E-state index contributed by atoms with van der Waals surface area (Å²) in [5.41, 5.74) is 4.17. The van der Waals surface area contributed by atoms with Gasteiger partial charge in [-0.3, -0.25) is 4.79 Å². The van der Waals surface area contributed by atoms with E-state index in [4.69, 9.17) is 0 Å². The second-order valence-corrected chi connectivity index (χ2v) is 13.4. The van der Waals surface area contributed by atoms with Crippen molar-refractivity contribution >= 4 is 23.9 Å². The van der Waals surface area contributed by atoms with Crippen LogP contribution in [0.4, 0.5) is 0 Å². The van der Waals surface area contributed by atoms with E-state index in [1.54, 1.807) is 30.3 Å². The minimum atomic E-state index is -3.65. The molecule has 1 aromatic carbocycles. The van der Waals surface area contributed by atoms with E-state index in [0.717, 1.165) is 5.56 Å². The highest BCUT2D eigenvalue weighted by atomic mass is 32.2. The Morgan fingerprint density at radius 3 is 2.29 bits per heavy atom. The number of hydrogen-bond acceptors (Lipinski definition) is 3. The first-order chi connectivity index (χ1) is 11.0. The summed E-state index contributed by atoms with van der Waals surface area (Å²) < 4.78 is 26.9. The lowest BCUT2D eigenvalue weighted by molar-refractivity contribution is -0.112. The van der Waals surface area contributed by atoms with Crippen LogP contribution in [0.2, 0.25) is 19.6 Å². The number of hydrogen-bond donors (Lipinski definition) is 0. The van der Waals surface area contributed by atoms with E-state index in [2.05, 4.69) is 31.1 Å². The van der Waals surface area contributed by atoms with E-state index < -0.39 is 18.1 Å². The van der Waals surface area contributed by atoms with Gasteiger partial charge in [-0.15, -0.1) is 5.54 Å². The number of aryl methyl sites for hydroxylation is 1. The smallest absolute Gasteiger partial charge is 0.244 e. The highest BCUT2D eigenvalue weighted by Gasteiger charge is 2.22. The van der Waals surface area contributed by atoms with Crippen LogP contribution in [0.15, 0.2) is 41.3 Å². The van der Waals surface area contributed by atoms with Crippen LogP contribution in [0, 0.1) is 18.4 Å². The topological polar surface area (TPSA) is 54.5 Å². The monoisotopic (exact) mass is 363 g/mol. The molecule has 0 unspecified atom stereocenters. The van der Waals surface area contributed by atoms with Gasteiger partial charge >= 0.3 is 0 Å². The number of ketones is 1. The predicted molar refractivity (Wildman–Crippen MR) is 101 cm³/mol. The van der Waals surface area contributed by atoms with E-state index in [-0.39, 0.29) is 23.8 Å². The average Bonchev–Trinajstić information content (AvgIpc) is 2.44. The Kier molecular flexibility index (Phi) is 7.15. The molecular weight excluding hydrogens is 338 g/mol. The lowest BCUT2D eigenvalue weighted by Crippen LogP contribution is -2.32. The van der Waals surface area contributed by atoms with Crippen LogP contribution < -0.4 is 0 Å². The van der Waals surface area contributed by atoms with Crippen LogP contribution in [0.1, 0.15) is 12.5 Å². The fourth-order valence-electron chi connectivity index (χ4n) is 1.84. The van der Waals surface area contributed by atoms with Gasteiger partial charge in [-0.25, -0.2) is 8.42 Å². The molecule has 130 valence electrons. The van der Waals surface area contributed by atoms with Crippen LogP contribution in [0.25, 0.3) is 0 Å². The Morgan fingerprint density at radius 2 is 1.79 bits per heavy atom. The van der Waals surface area contributed by atoms with Gasteiger partial charge in [0.2, 0.25) is 10.0 Å². The molecule has 24 heavy (non-hydrogen) atoms. The number of allylic oxidation sites excluding steroid dienone is 1. The third-order valence-corrected chi connectivity index (χ3v) is 5.79. The molecule has 4 nitrogen and oxygen atoms in total. The summed E-state index contributed by atoms with van der Waals surface area (Å²) in [5, 5.41) is 0. The van der Waals surface area contributed by atoms with Crippen molar-refractivity contribution in [1.82, 2.24) is 4.31 Å². The van der Waals surface area contributed by atoms with Crippen molar-refractivity contribution < 1.29 is 13.2 Å². The molecule has 0 atom stereocenters. The predicted octanol–water partition coefficient (Wildman–Crippen LogP) is 3.01. The average molecular weight is 364 g/mol. The molecule has 0 spiro atoms. The molecule has 0 saturated carbocycles. The second-order valence-electron chi connectivity index (χ2n) is 6.68. The van der Waals surface area contributed by atoms with Crippen LogP contribution in [-0.4, -0.2) is 39.7 Å². The van der Waals surface area contributed by atoms with E-state index in [0.29, 0.717) is 0 Å². The molecule has 0 bridgehead atoms. The molecule has 0 aromatic heterocycles.